The Bertz CT molecular complexity index is 1030. The minimum absolute atomic E-state index is 0.0239. The number of aromatic nitrogens is 2. The van der Waals surface area contributed by atoms with Gasteiger partial charge in [0, 0.05) is 29.8 Å². The van der Waals surface area contributed by atoms with Crippen molar-refractivity contribution in [2.45, 2.75) is 39.2 Å². The van der Waals surface area contributed by atoms with Crippen molar-refractivity contribution in [2.75, 3.05) is 25.4 Å². The Kier molecular flexibility index (Phi) is 7.17. The quantitative estimate of drug-likeness (QED) is 0.492. The fourth-order valence-electron chi connectivity index (χ4n) is 4.14. The number of benzene rings is 1. The molecule has 3 heterocycles. The highest BCUT2D eigenvalue weighted by molar-refractivity contribution is 5.95. The topological polar surface area (TPSA) is 94.5 Å². The zero-order valence-electron chi connectivity index (χ0n) is 18.5. The number of hydrogen-bond donors (Lipinski definition) is 1. The smallest absolute Gasteiger partial charge is 0.215 e. The van der Waals surface area contributed by atoms with Crippen LogP contribution in [0, 0.1) is 5.92 Å². The highest BCUT2D eigenvalue weighted by Gasteiger charge is 2.22. The first-order chi connectivity index (χ1) is 15.6. The Morgan fingerprint density at radius 2 is 1.97 bits per heavy atom. The van der Waals surface area contributed by atoms with Gasteiger partial charge in [0.2, 0.25) is 5.88 Å². The van der Waals surface area contributed by atoms with Gasteiger partial charge in [-0.1, -0.05) is 35.5 Å². The lowest BCUT2D eigenvalue weighted by Gasteiger charge is -2.31. The molecule has 168 valence electrons. The molecule has 0 amide bonds. The number of carbonyl (C=O) groups is 1. The molecule has 0 atom stereocenters. The van der Waals surface area contributed by atoms with Gasteiger partial charge in [0.25, 0.3) is 0 Å². The van der Waals surface area contributed by atoms with Gasteiger partial charge >= 0.3 is 0 Å². The van der Waals surface area contributed by atoms with E-state index in [-0.39, 0.29) is 5.78 Å². The summed E-state index contributed by atoms with van der Waals surface area (Å²) < 4.78 is 10.9. The van der Waals surface area contributed by atoms with E-state index in [0.717, 1.165) is 55.9 Å². The Morgan fingerprint density at radius 1 is 1.19 bits per heavy atom. The summed E-state index contributed by atoms with van der Waals surface area (Å²) in [4.78, 5) is 19.3. The zero-order valence-corrected chi connectivity index (χ0v) is 18.5. The Balaban J connectivity index is 1.23. The van der Waals surface area contributed by atoms with Crippen LogP contribution in [0.3, 0.4) is 0 Å². The van der Waals surface area contributed by atoms with Crippen LogP contribution in [0.5, 0.6) is 5.88 Å². The molecule has 7 nitrogen and oxygen atoms in total. The van der Waals surface area contributed by atoms with Crippen molar-refractivity contribution in [1.82, 2.24) is 15.0 Å². The van der Waals surface area contributed by atoms with Crippen LogP contribution in [-0.4, -0.2) is 40.5 Å². The molecule has 4 rings (SSSR count). The summed E-state index contributed by atoms with van der Waals surface area (Å²) >= 11 is 0. The van der Waals surface area contributed by atoms with Gasteiger partial charge in [0.05, 0.1) is 13.2 Å². The van der Waals surface area contributed by atoms with E-state index in [1.165, 1.54) is 0 Å². The lowest BCUT2D eigenvalue weighted by Crippen LogP contribution is -2.33. The third-order valence-electron chi connectivity index (χ3n) is 5.90. The number of nitrogen functional groups attached to an aromatic ring is 1. The summed E-state index contributed by atoms with van der Waals surface area (Å²) in [5.74, 6) is 1.86. The molecule has 3 aromatic rings. The van der Waals surface area contributed by atoms with Crippen LogP contribution in [0.2, 0.25) is 0 Å². The summed E-state index contributed by atoms with van der Waals surface area (Å²) in [7, 11) is 0. The van der Waals surface area contributed by atoms with Crippen LogP contribution in [0.15, 0.2) is 53.1 Å². The standard InChI is InChI=1S/C25H30N4O3/c1-2-31-25-15-20(26)14-23(27-25)24(30)9-8-18-10-12-29(13-11-18)17-21-16-22(28-32-21)19-6-4-3-5-7-19/h3-7,14-16,18H,2,8-13,17H2,1H3,(H2,26,27). The molecule has 0 saturated carbocycles. The minimum atomic E-state index is 0.0239. The number of piperidine rings is 1. The molecular formula is C25H30N4O3. The first-order valence-corrected chi connectivity index (χ1v) is 11.3. The summed E-state index contributed by atoms with van der Waals surface area (Å²) in [5, 5.41) is 4.21. The number of pyridine rings is 1. The molecule has 0 bridgehead atoms. The maximum absolute atomic E-state index is 12.6. The van der Waals surface area contributed by atoms with Crippen LogP contribution in [0.1, 0.15) is 48.9 Å². The third-order valence-corrected chi connectivity index (χ3v) is 5.90. The minimum Gasteiger partial charge on any atom is -0.478 e. The molecule has 1 saturated heterocycles. The van der Waals surface area contributed by atoms with Gasteiger partial charge in [-0.2, -0.15) is 0 Å². The monoisotopic (exact) mass is 434 g/mol. The highest BCUT2D eigenvalue weighted by Crippen LogP contribution is 2.26. The van der Waals surface area contributed by atoms with Gasteiger partial charge < -0.3 is 15.0 Å². The second kappa shape index (κ2) is 10.4. The molecule has 7 heteroatoms. The number of nitrogens with zero attached hydrogens (tertiary/aromatic N) is 3. The predicted molar refractivity (Wildman–Crippen MR) is 123 cm³/mol. The molecule has 0 unspecified atom stereocenters. The number of Topliss-reactive ketones (excluding diaryl/α,β-unsaturated/α-hetero) is 1. The lowest BCUT2D eigenvalue weighted by molar-refractivity contribution is 0.0953. The molecule has 32 heavy (non-hydrogen) atoms. The fourth-order valence-corrected chi connectivity index (χ4v) is 4.14. The van der Waals surface area contributed by atoms with Crippen LogP contribution < -0.4 is 10.5 Å². The van der Waals surface area contributed by atoms with Crippen LogP contribution in [-0.2, 0) is 6.54 Å². The maximum atomic E-state index is 12.6. The van der Waals surface area contributed by atoms with E-state index >= 15 is 0 Å². The van der Waals surface area contributed by atoms with E-state index in [2.05, 4.69) is 15.0 Å². The summed E-state index contributed by atoms with van der Waals surface area (Å²) in [5.41, 5.74) is 8.72. The van der Waals surface area contributed by atoms with Crippen LogP contribution in [0.4, 0.5) is 5.69 Å². The van der Waals surface area contributed by atoms with Crippen molar-refractivity contribution in [1.29, 1.82) is 0 Å². The number of nitrogens with two attached hydrogens (primary N) is 1. The van der Waals surface area contributed by atoms with Crippen molar-refractivity contribution in [3.8, 4) is 17.1 Å². The number of carbonyl (C=O) groups excluding carboxylic acids is 1. The highest BCUT2D eigenvalue weighted by atomic mass is 16.5. The van der Waals surface area contributed by atoms with Crippen molar-refractivity contribution < 1.29 is 14.1 Å². The number of likely N-dealkylation sites (tertiary alicyclic amines) is 1. The lowest BCUT2D eigenvalue weighted by atomic mass is 9.91. The maximum Gasteiger partial charge on any atom is 0.215 e. The van der Waals surface area contributed by atoms with Crippen LogP contribution >= 0.6 is 0 Å². The first kappa shape index (κ1) is 22.0. The first-order valence-electron chi connectivity index (χ1n) is 11.3. The second-order valence-corrected chi connectivity index (χ2v) is 8.28. The number of ketones is 1. The summed E-state index contributed by atoms with van der Waals surface area (Å²) in [6, 6.07) is 15.4. The van der Waals surface area contributed by atoms with E-state index < -0.39 is 0 Å². The van der Waals surface area contributed by atoms with E-state index in [0.29, 0.717) is 36.2 Å². The van der Waals surface area contributed by atoms with Gasteiger partial charge in [-0.25, -0.2) is 4.98 Å². The molecular weight excluding hydrogens is 404 g/mol. The van der Waals surface area contributed by atoms with Crippen molar-refractivity contribution in [3.05, 3.63) is 60.0 Å². The number of rotatable bonds is 9. The van der Waals surface area contributed by atoms with Gasteiger partial charge in [-0.05, 0) is 51.3 Å². The Hall–Kier alpha value is -3.19. The SMILES string of the molecule is CCOc1cc(N)cc(C(=O)CCC2CCN(Cc3cc(-c4ccccc4)no3)CC2)n1. The summed E-state index contributed by atoms with van der Waals surface area (Å²) in [6.45, 7) is 5.11. The normalized spacial score (nSPS) is 15.0. The van der Waals surface area contributed by atoms with Gasteiger partial charge in [0.15, 0.2) is 11.5 Å². The van der Waals surface area contributed by atoms with Crippen molar-refractivity contribution in [2.24, 2.45) is 5.92 Å². The average Bonchev–Trinajstić information content (AvgIpc) is 3.27. The zero-order chi connectivity index (χ0) is 22.3. The fraction of sp³-hybridized carbons (Fsp3) is 0.400. The number of hydrogen-bond acceptors (Lipinski definition) is 7. The molecule has 1 aliphatic heterocycles. The molecule has 0 spiro atoms. The van der Waals surface area contributed by atoms with Gasteiger partial charge in [-0.3, -0.25) is 9.69 Å². The van der Waals surface area contributed by atoms with E-state index in [9.17, 15) is 4.79 Å². The molecule has 1 fully saturated rings. The second-order valence-electron chi connectivity index (χ2n) is 8.28. The molecule has 1 aromatic carbocycles. The number of anilines is 1. The molecule has 0 radical (unpaired) electrons. The predicted octanol–water partition coefficient (Wildman–Crippen LogP) is 4.59. The van der Waals surface area contributed by atoms with E-state index in [4.69, 9.17) is 15.0 Å². The van der Waals surface area contributed by atoms with Crippen molar-refractivity contribution in [3.63, 3.8) is 0 Å². The molecule has 0 aliphatic carbocycles. The average molecular weight is 435 g/mol. The molecule has 2 N–H and O–H groups in total. The Morgan fingerprint density at radius 3 is 2.72 bits per heavy atom. The van der Waals surface area contributed by atoms with Crippen LogP contribution in [0.25, 0.3) is 11.3 Å². The third kappa shape index (κ3) is 5.73. The Labute approximate surface area is 188 Å². The molecule has 1 aliphatic rings. The van der Waals surface area contributed by atoms with Gasteiger partial charge in [0.1, 0.15) is 11.4 Å². The van der Waals surface area contributed by atoms with Crippen molar-refractivity contribution >= 4 is 11.5 Å². The largest absolute Gasteiger partial charge is 0.478 e. The van der Waals surface area contributed by atoms with E-state index in [1.807, 2.05) is 43.3 Å². The van der Waals surface area contributed by atoms with Gasteiger partial charge in [-0.15, -0.1) is 0 Å². The molecule has 2 aromatic heterocycles. The number of ether oxygens (including phenoxy) is 1. The summed E-state index contributed by atoms with van der Waals surface area (Å²) in [6.07, 6.45) is 3.49. The van der Waals surface area contributed by atoms with E-state index in [1.54, 1.807) is 12.1 Å².